The fraction of sp³-hybridized carbons (Fsp3) is 0.118. The molecule has 0 saturated carbocycles. The van der Waals surface area contributed by atoms with Crippen molar-refractivity contribution in [3.8, 4) is 10.6 Å². The minimum Gasteiger partial charge on any atom is -0.326 e. The molecule has 0 aliphatic heterocycles. The van der Waals surface area contributed by atoms with Crippen LogP contribution < -0.4 is 10.6 Å². The van der Waals surface area contributed by atoms with Gasteiger partial charge in [-0.3, -0.25) is 9.59 Å². The molecule has 8 heteroatoms. The fourth-order valence-electron chi connectivity index (χ4n) is 2.17. The third kappa shape index (κ3) is 4.49. The Balaban J connectivity index is 1.67. The number of thiazole rings is 1. The topological polar surface area (TPSA) is 71.1 Å². The van der Waals surface area contributed by atoms with Crippen LogP contribution in [-0.2, 0) is 16.0 Å². The Kier molecular flexibility index (Phi) is 5.20. The maximum atomic E-state index is 13.9. The van der Waals surface area contributed by atoms with Gasteiger partial charge in [-0.2, -0.15) is 11.3 Å². The number of thiophene rings is 1. The first-order chi connectivity index (χ1) is 12.0. The van der Waals surface area contributed by atoms with Crippen molar-refractivity contribution in [3.63, 3.8) is 0 Å². The lowest BCUT2D eigenvalue weighted by Crippen LogP contribution is -2.16. The second-order valence-electron chi connectivity index (χ2n) is 5.26. The van der Waals surface area contributed by atoms with E-state index in [1.54, 1.807) is 11.3 Å². The molecule has 0 fully saturated rings. The van der Waals surface area contributed by atoms with Crippen LogP contribution in [0.4, 0.5) is 15.8 Å². The van der Waals surface area contributed by atoms with E-state index in [9.17, 15) is 14.0 Å². The summed E-state index contributed by atoms with van der Waals surface area (Å²) in [4.78, 5) is 27.7. The molecule has 1 aromatic carbocycles. The number of rotatable bonds is 5. The number of nitrogens with one attached hydrogen (secondary N) is 2. The van der Waals surface area contributed by atoms with Gasteiger partial charge >= 0.3 is 0 Å². The van der Waals surface area contributed by atoms with Crippen molar-refractivity contribution >= 4 is 45.9 Å². The molecule has 0 saturated heterocycles. The standard InChI is InChI=1S/C17H14FN3O2S2/c1-10(22)19-12-2-3-14(18)15(6-12)21-16(23)7-13-9-25-17(20-13)11-4-5-24-8-11/h2-6,8-9H,7H2,1H3,(H,19,22)(H,21,23). The SMILES string of the molecule is CC(=O)Nc1ccc(F)c(NC(=O)Cc2csc(-c3ccsc3)n2)c1. The number of nitrogens with zero attached hydrogens (tertiary/aromatic N) is 1. The summed E-state index contributed by atoms with van der Waals surface area (Å²) in [5.41, 5.74) is 2.08. The molecule has 2 N–H and O–H groups in total. The van der Waals surface area contributed by atoms with Crippen molar-refractivity contribution in [2.24, 2.45) is 0 Å². The van der Waals surface area contributed by atoms with Crippen LogP contribution in [0.2, 0.25) is 0 Å². The van der Waals surface area contributed by atoms with Crippen molar-refractivity contribution in [1.82, 2.24) is 4.98 Å². The summed E-state index contributed by atoms with van der Waals surface area (Å²) in [6, 6.07) is 5.97. The van der Waals surface area contributed by atoms with E-state index >= 15 is 0 Å². The molecule has 0 radical (unpaired) electrons. The molecule has 0 unspecified atom stereocenters. The third-order valence-electron chi connectivity index (χ3n) is 3.22. The average Bonchev–Trinajstić information content (AvgIpc) is 3.21. The summed E-state index contributed by atoms with van der Waals surface area (Å²) in [5.74, 6) is -1.21. The van der Waals surface area contributed by atoms with Gasteiger partial charge in [-0.15, -0.1) is 11.3 Å². The number of anilines is 2. The van der Waals surface area contributed by atoms with Gasteiger partial charge in [0.2, 0.25) is 11.8 Å². The van der Waals surface area contributed by atoms with E-state index < -0.39 is 5.82 Å². The van der Waals surface area contributed by atoms with E-state index in [0.29, 0.717) is 11.4 Å². The van der Waals surface area contributed by atoms with Crippen LogP contribution in [0.5, 0.6) is 0 Å². The van der Waals surface area contributed by atoms with Gasteiger partial charge in [0, 0.05) is 28.9 Å². The van der Waals surface area contributed by atoms with Crippen LogP contribution >= 0.6 is 22.7 Å². The highest BCUT2D eigenvalue weighted by molar-refractivity contribution is 7.14. The number of aromatic nitrogens is 1. The minimum absolute atomic E-state index is 0.0181. The van der Waals surface area contributed by atoms with E-state index in [1.165, 1.54) is 36.5 Å². The molecule has 3 aromatic rings. The van der Waals surface area contributed by atoms with Crippen molar-refractivity contribution in [2.75, 3.05) is 10.6 Å². The van der Waals surface area contributed by atoms with E-state index in [0.717, 1.165) is 10.6 Å². The molecule has 128 valence electrons. The summed E-state index contributed by atoms with van der Waals surface area (Å²) in [6.07, 6.45) is 0.0461. The molecule has 2 heterocycles. The van der Waals surface area contributed by atoms with Gasteiger partial charge in [-0.05, 0) is 29.6 Å². The largest absolute Gasteiger partial charge is 0.326 e. The summed E-state index contributed by atoms with van der Waals surface area (Å²) in [5, 5.41) is 11.7. The summed E-state index contributed by atoms with van der Waals surface area (Å²) in [6.45, 7) is 1.36. The molecule has 5 nitrogen and oxygen atoms in total. The molecule has 0 aliphatic rings. The highest BCUT2D eigenvalue weighted by atomic mass is 32.1. The van der Waals surface area contributed by atoms with Gasteiger partial charge in [0.25, 0.3) is 0 Å². The fourth-order valence-corrected chi connectivity index (χ4v) is 3.70. The predicted molar refractivity (Wildman–Crippen MR) is 98.5 cm³/mol. The first-order valence-electron chi connectivity index (χ1n) is 7.35. The van der Waals surface area contributed by atoms with Gasteiger partial charge in [-0.1, -0.05) is 0 Å². The van der Waals surface area contributed by atoms with Gasteiger partial charge < -0.3 is 10.6 Å². The minimum atomic E-state index is -0.570. The highest BCUT2D eigenvalue weighted by Crippen LogP contribution is 2.26. The predicted octanol–water partition coefficient (Wildman–Crippen LogP) is 4.15. The second kappa shape index (κ2) is 7.54. The Bertz CT molecular complexity index is 907. The molecule has 0 spiro atoms. The Labute approximate surface area is 151 Å². The van der Waals surface area contributed by atoms with Gasteiger partial charge in [0.15, 0.2) is 0 Å². The zero-order valence-electron chi connectivity index (χ0n) is 13.2. The summed E-state index contributed by atoms with van der Waals surface area (Å²) in [7, 11) is 0. The normalized spacial score (nSPS) is 10.5. The molecule has 0 bridgehead atoms. The first kappa shape index (κ1) is 17.2. The van der Waals surface area contributed by atoms with E-state index in [-0.39, 0.29) is 23.9 Å². The number of hydrogen-bond donors (Lipinski definition) is 2. The molecule has 0 aliphatic carbocycles. The lowest BCUT2D eigenvalue weighted by atomic mass is 10.2. The Morgan fingerprint density at radius 2 is 2.04 bits per heavy atom. The van der Waals surface area contributed by atoms with Crippen LogP contribution in [0, 0.1) is 5.82 Å². The molecule has 3 rings (SSSR count). The maximum absolute atomic E-state index is 13.9. The van der Waals surface area contributed by atoms with Crippen molar-refractivity contribution in [2.45, 2.75) is 13.3 Å². The summed E-state index contributed by atoms with van der Waals surface area (Å²) >= 11 is 3.04. The van der Waals surface area contributed by atoms with Crippen LogP contribution in [0.25, 0.3) is 10.6 Å². The zero-order chi connectivity index (χ0) is 17.8. The van der Waals surface area contributed by atoms with E-state index in [4.69, 9.17) is 0 Å². The maximum Gasteiger partial charge on any atom is 0.230 e. The number of hydrogen-bond acceptors (Lipinski definition) is 5. The number of amides is 2. The monoisotopic (exact) mass is 375 g/mol. The molecule has 2 amide bonds. The highest BCUT2D eigenvalue weighted by Gasteiger charge is 2.12. The molecule has 2 aromatic heterocycles. The second-order valence-corrected chi connectivity index (χ2v) is 6.89. The zero-order valence-corrected chi connectivity index (χ0v) is 14.8. The van der Waals surface area contributed by atoms with Crippen molar-refractivity contribution in [3.05, 3.63) is 51.9 Å². The smallest absolute Gasteiger partial charge is 0.230 e. The average molecular weight is 375 g/mol. The third-order valence-corrected chi connectivity index (χ3v) is 4.85. The number of halogens is 1. The van der Waals surface area contributed by atoms with Crippen LogP contribution in [0.3, 0.4) is 0 Å². The molecular weight excluding hydrogens is 361 g/mol. The van der Waals surface area contributed by atoms with E-state index in [2.05, 4.69) is 15.6 Å². The Morgan fingerprint density at radius 3 is 2.76 bits per heavy atom. The summed E-state index contributed by atoms with van der Waals surface area (Å²) < 4.78 is 13.9. The lowest BCUT2D eigenvalue weighted by molar-refractivity contribution is -0.116. The van der Waals surface area contributed by atoms with Gasteiger partial charge in [-0.25, -0.2) is 9.37 Å². The van der Waals surface area contributed by atoms with E-state index in [1.807, 2.05) is 22.2 Å². The van der Waals surface area contributed by atoms with Crippen LogP contribution in [0.15, 0.2) is 40.4 Å². The van der Waals surface area contributed by atoms with Gasteiger partial charge in [0.1, 0.15) is 10.8 Å². The molecular formula is C17H14FN3O2S2. The molecule has 25 heavy (non-hydrogen) atoms. The first-order valence-corrected chi connectivity index (χ1v) is 9.17. The van der Waals surface area contributed by atoms with Crippen LogP contribution in [-0.4, -0.2) is 16.8 Å². The number of carbonyl (C=O) groups excluding carboxylic acids is 2. The van der Waals surface area contributed by atoms with Crippen LogP contribution in [0.1, 0.15) is 12.6 Å². The quantitative estimate of drug-likeness (QED) is 0.704. The number of carbonyl (C=O) groups is 2. The lowest BCUT2D eigenvalue weighted by Gasteiger charge is -2.08. The molecule has 0 atom stereocenters. The van der Waals surface area contributed by atoms with Crippen molar-refractivity contribution in [1.29, 1.82) is 0 Å². The van der Waals surface area contributed by atoms with Crippen molar-refractivity contribution < 1.29 is 14.0 Å². The number of benzene rings is 1. The Morgan fingerprint density at radius 1 is 1.20 bits per heavy atom. The van der Waals surface area contributed by atoms with Gasteiger partial charge in [0.05, 0.1) is 17.8 Å². The Hall–Kier alpha value is -2.58.